The van der Waals surface area contributed by atoms with Crippen LogP contribution in [0, 0.1) is 23.2 Å². The molecule has 0 radical (unpaired) electrons. The highest BCUT2D eigenvalue weighted by atomic mass is 32.1. The molecule has 4 fully saturated rings. The largest absolute Gasteiger partial charge is 0.349 e. The van der Waals surface area contributed by atoms with E-state index in [0.717, 1.165) is 44.8 Å². The van der Waals surface area contributed by atoms with Gasteiger partial charge in [0, 0.05) is 11.4 Å². The van der Waals surface area contributed by atoms with E-state index in [0.29, 0.717) is 5.41 Å². The van der Waals surface area contributed by atoms with Crippen LogP contribution in [0.4, 0.5) is 0 Å². The van der Waals surface area contributed by atoms with Crippen LogP contribution in [0.5, 0.6) is 0 Å². The summed E-state index contributed by atoms with van der Waals surface area (Å²) in [7, 11) is 0. The van der Waals surface area contributed by atoms with Gasteiger partial charge in [0.25, 0.3) is 5.91 Å². The van der Waals surface area contributed by atoms with E-state index in [9.17, 15) is 4.79 Å². The van der Waals surface area contributed by atoms with Gasteiger partial charge >= 0.3 is 0 Å². The molecule has 4 saturated carbocycles. The quantitative estimate of drug-likeness (QED) is 0.542. The lowest BCUT2D eigenvalue weighted by molar-refractivity contribution is -0.0687. The van der Waals surface area contributed by atoms with Crippen LogP contribution in [-0.4, -0.2) is 16.9 Å². The zero-order valence-corrected chi connectivity index (χ0v) is 18.3. The summed E-state index contributed by atoms with van der Waals surface area (Å²) in [5.41, 5.74) is 2.83. The predicted molar refractivity (Wildman–Crippen MR) is 123 cm³/mol. The zero-order chi connectivity index (χ0) is 20.3. The summed E-state index contributed by atoms with van der Waals surface area (Å²) in [6, 6.07) is 14.3. The summed E-state index contributed by atoms with van der Waals surface area (Å²) in [6.45, 7) is 2.26. The minimum Gasteiger partial charge on any atom is -0.349 e. The number of rotatable bonds is 4. The van der Waals surface area contributed by atoms with E-state index >= 15 is 0 Å². The number of pyridine rings is 1. The van der Waals surface area contributed by atoms with Crippen molar-refractivity contribution in [2.24, 2.45) is 23.2 Å². The smallest absolute Gasteiger partial charge is 0.252 e. The Hall–Kier alpha value is -2.20. The number of nitrogens with one attached hydrogen (secondary N) is 1. The first-order chi connectivity index (χ1) is 14.6. The molecule has 2 aromatic heterocycles. The van der Waals surface area contributed by atoms with E-state index < -0.39 is 0 Å². The Morgan fingerprint density at radius 2 is 1.77 bits per heavy atom. The number of hydrogen-bond donors (Lipinski definition) is 1. The number of para-hydroxylation sites is 1. The maximum atomic E-state index is 13.5. The molecule has 4 heteroatoms. The molecule has 1 unspecified atom stereocenters. The number of hydrogen-bond acceptors (Lipinski definition) is 3. The lowest BCUT2D eigenvalue weighted by Crippen LogP contribution is -2.55. The van der Waals surface area contributed by atoms with Gasteiger partial charge in [0.05, 0.1) is 21.7 Å². The van der Waals surface area contributed by atoms with Crippen molar-refractivity contribution in [2.75, 3.05) is 0 Å². The van der Waals surface area contributed by atoms with Crippen molar-refractivity contribution in [3.63, 3.8) is 0 Å². The molecule has 1 N–H and O–H groups in total. The highest BCUT2D eigenvalue weighted by Crippen LogP contribution is 2.61. The van der Waals surface area contributed by atoms with Gasteiger partial charge in [0.1, 0.15) is 0 Å². The first-order valence-corrected chi connectivity index (χ1v) is 12.2. The lowest BCUT2D eigenvalue weighted by atomic mass is 9.48. The van der Waals surface area contributed by atoms with Crippen LogP contribution >= 0.6 is 11.3 Å². The Balaban J connectivity index is 1.33. The first kappa shape index (κ1) is 18.6. The van der Waals surface area contributed by atoms with Crippen molar-refractivity contribution in [1.82, 2.24) is 10.3 Å². The summed E-state index contributed by atoms with van der Waals surface area (Å²) in [5, 5.41) is 6.45. The highest BCUT2D eigenvalue weighted by molar-refractivity contribution is 7.13. The Bertz CT molecular complexity index is 1070. The number of amides is 1. The maximum Gasteiger partial charge on any atom is 0.252 e. The van der Waals surface area contributed by atoms with Gasteiger partial charge in [0.15, 0.2) is 0 Å². The molecule has 4 bridgehead atoms. The average Bonchev–Trinajstić information content (AvgIpc) is 3.27. The summed E-state index contributed by atoms with van der Waals surface area (Å²) in [4.78, 5) is 19.5. The summed E-state index contributed by atoms with van der Waals surface area (Å²) >= 11 is 1.66. The van der Waals surface area contributed by atoms with Gasteiger partial charge in [-0.1, -0.05) is 24.3 Å². The second-order valence-corrected chi connectivity index (χ2v) is 11.0. The van der Waals surface area contributed by atoms with Crippen LogP contribution in [0.1, 0.15) is 55.8 Å². The van der Waals surface area contributed by atoms with Gasteiger partial charge in [-0.3, -0.25) is 4.79 Å². The fourth-order valence-corrected chi connectivity index (χ4v) is 7.74. The maximum absolute atomic E-state index is 13.5. The topological polar surface area (TPSA) is 42.0 Å². The summed E-state index contributed by atoms with van der Waals surface area (Å²) in [6.07, 6.45) is 8.20. The molecule has 0 spiro atoms. The van der Waals surface area contributed by atoms with Crippen LogP contribution in [0.15, 0.2) is 47.8 Å². The molecule has 154 valence electrons. The first-order valence-electron chi connectivity index (χ1n) is 11.3. The molecule has 0 aliphatic heterocycles. The standard InChI is InChI=1S/C26H28N2OS/c1-16(26-13-17-9-18(14-26)11-19(10-17)15-26)27-25(29)21-12-23(24-7-4-8-30-24)28-22-6-3-2-5-20(21)22/h2-8,12,16-19H,9-11,13-15H2,1H3,(H,27,29). The fourth-order valence-electron chi connectivity index (χ4n) is 7.05. The zero-order valence-electron chi connectivity index (χ0n) is 17.4. The monoisotopic (exact) mass is 416 g/mol. The molecule has 1 amide bonds. The van der Waals surface area contributed by atoms with Crippen LogP contribution in [0.2, 0.25) is 0 Å². The fraction of sp³-hybridized carbons (Fsp3) is 0.462. The van der Waals surface area contributed by atoms with Gasteiger partial charge in [-0.25, -0.2) is 4.98 Å². The second kappa shape index (κ2) is 6.91. The number of benzene rings is 1. The number of fused-ring (bicyclic) bond motifs is 1. The summed E-state index contributed by atoms with van der Waals surface area (Å²) < 4.78 is 0. The summed E-state index contributed by atoms with van der Waals surface area (Å²) in [5.74, 6) is 2.73. The molecule has 4 aliphatic rings. The predicted octanol–water partition coefficient (Wildman–Crippen LogP) is 6.30. The van der Waals surface area contributed by atoms with Crippen molar-refractivity contribution < 1.29 is 4.79 Å². The molecule has 0 saturated heterocycles. The van der Waals surface area contributed by atoms with E-state index in [1.807, 2.05) is 36.4 Å². The van der Waals surface area contributed by atoms with Crippen LogP contribution in [0.3, 0.4) is 0 Å². The second-order valence-electron chi connectivity index (χ2n) is 10.0. The van der Waals surface area contributed by atoms with Gasteiger partial charge in [-0.2, -0.15) is 0 Å². The molecule has 3 nitrogen and oxygen atoms in total. The Morgan fingerprint density at radius 1 is 1.07 bits per heavy atom. The number of thiophene rings is 1. The molecule has 4 aliphatic carbocycles. The molecule has 2 heterocycles. The van der Waals surface area contributed by atoms with Crippen molar-refractivity contribution in [3.8, 4) is 10.6 Å². The Kier molecular flexibility index (Phi) is 4.28. The number of carbonyl (C=O) groups is 1. The number of aromatic nitrogens is 1. The third-order valence-corrected chi connectivity index (χ3v) is 8.98. The molecule has 3 aromatic rings. The van der Waals surface area contributed by atoms with E-state index in [1.165, 1.54) is 38.5 Å². The van der Waals surface area contributed by atoms with E-state index in [2.05, 4.69) is 23.7 Å². The van der Waals surface area contributed by atoms with Crippen molar-refractivity contribution in [1.29, 1.82) is 0 Å². The van der Waals surface area contributed by atoms with Gasteiger partial charge in [0.2, 0.25) is 0 Å². The number of nitrogens with zero attached hydrogens (tertiary/aromatic N) is 1. The van der Waals surface area contributed by atoms with Crippen molar-refractivity contribution in [2.45, 2.75) is 51.5 Å². The third kappa shape index (κ3) is 2.99. The molecular formula is C26H28N2OS. The van der Waals surface area contributed by atoms with Gasteiger partial charge < -0.3 is 5.32 Å². The minimum absolute atomic E-state index is 0.0506. The lowest BCUT2D eigenvalue weighted by Gasteiger charge is -2.59. The molecule has 1 aromatic carbocycles. The Labute approximate surface area is 181 Å². The van der Waals surface area contributed by atoms with E-state index in [1.54, 1.807) is 11.3 Å². The molecule has 7 rings (SSSR count). The van der Waals surface area contributed by atoms with Crippen LogP contribution in [0.25, 0.3) is 21.5 Å². The molecule has 30 heavy (non-hydrogen) atoms. The normalized spacial score (nSPS) is 30.5. The minimum atomic E-state index is 0.0506. The van der Waals surface area contributed by atoms with Crippen molar-refractivity contribution >= 4 is 28.1 Å². The van der Waals surface area contributed by atoms with Gasteiger partial charge in [-0.15, -0.1) is 11.3 Å². The number of carbonyl (C=O) groups excluding carboxylic acids is 1. The highest BCUT2D eigenvalue weighted by Gasteiger charge is 2.53. The average molecular weight is 417 g/mol. The third-order valence-electron chi connectivity index (χ3n) is 8.09. The van der Waals surface area contributed by atoms with E-state index in [-0.39, 0.29) is 11.9 Å². The van der Waals surface area contributed by atoms with Crippen LogP contribution in [-0.2, 0) is 0 Å². The van der Waals surface area contributed by atoms with Crippen LogP contribution < -0.4 is 5.32 Å². The van der Waals surface area contributed by atoms with E-state index in [4.69, 9.17) is 4.98 Å². The Morgan fingerprint density at radius 3 is 2.43 bits per heavy atom. The molecule has 1 atom stereocenters. The van der Waals surface area contributed by atoms with Gasteiger partial charge in [-0.05, 0) is 92.2 Å². The molecular weight excluding hydrogens is 388 g/mol. The van der Waals surface area contributed by atoms with Crippen molar-refractivity contribution in [3.05, 3.63) is 53.4 Å². The SMILES string of the molecule is CC(NC(=O)c1cc(-c2cccs2)nc2ccccc12)C12CC3CC(CC(C3)C1)C2.